The number of hydrogen-bond acceptors (Lipinski definition) is 2. The van der Waals surface area contributed by atoms with Gasteiger partial charge in [-0.3, -0.25) is 0 Å². The summed E-state index contributed by atoms with van der Waals surface area (Å²) in [5.74, 6) is 0.521. The van der Waals surface area contributed by atoms with Gasteiger partial charge < -0.3 is 10.2 Å². The molecule has 0 aliphatic heterocycles. The smallest absolute Gasteiger partial charge is 0.127 e. The SMILES string of the molecule is Cc1ccc(-c2c(C(C)(C)C)cc(C)c(C)c2O)c(O)c1C. The minimum absolute atomic E-state index is 0.128. The van der Waals surface area contributed by atoms with E-state index in [0.29, 0.717) is 5.56 Å². The number of phenolic OH excluding ortho intramolecular Hbond substituents is 2. The van der Waals surface area contributed by atoms with Crippen LogP contribution in [0.1, 0.15) is 48.6 Å². The quantitative estimate of drug-likeness (QED) is 0.750. The molecule has 2 nitrogen and oxygen atoms in total. The summed E-state index contributed by atoms with van der Waals surface area (Å²) in [6, 6.07) is 6.02. The van der Waals surface area contributed by atoms with Gasteiger partial charge in [0.25, 0.3) is 0 Å². The Hall–Kier alpha value is -1.96. The zero-order valence-electron chi connectivity index (χ0n) is 14.6. The Morgan fingerprint density at radius 1 is 0.773 bits per heavy atom. The van der Waals surface area contributed by atoms with Crippen LogP contribution >= 0.6 is 0 Å². The summed E-state index contributed by atoms with van der Waals surface area (Å²) in [5.41, 5.74) is 6.19. The van der Waals surface area contributed by atoms with E-state index in [9.17, 15) is 10.2 Å². The largest absolute Gasteiger partial charge is 0.507 e. The van der Waals surface area contributed by atoms with Gasteiger partial charge in [-0.25, -0.2) is 0 Å². The van der Waals surface area contributed by atoms with Crippen LogP contribution in [0.15, 0.2) is 18.2 Å². The lowest BCUT2D eigenvalue weighted by molar-refractivity contribution is 0.461. The molecule has 2 N–H and O–H groups in total. The second-order valence-corrected chi connectivity index (χ2v) is 7.24. The molecule has 0 atom stereocenters. The summed E-state index contributed by atoms with van der Waals surface area (Å²) >= 11 is 0. The van der Waals surface area contributed by atoms with Crippen LogP contribution in [0.5, 0.6) is 11.5 Å². The first-order chi connectivity index (χ1) is 10.1. The average molecular weight is 298 g/mol. The molecule has 2 aromatic carbocycles. The van der Waals surface area contributed by atoms with E-state index in [1.807, 2.05) is 39.8 Å². The molecule has 0 aliphatic carbocycles. The highest BCUT2D eigenvalue weighted by Crippen LogP contribution is 2.46. The Kier molecular flexibility index (Phi) is 3.99. The molecule has 0 heterocycles. The fraction of sp³-hybridized carbons (Fsp3) is 0.400. The van der Waals surface area contributed by atoms with Crippen molar-refractivity contribution in [1.29, 1.82) is 0 Å². The molecule has 2 aromatic rings. The zero-order valence-corrected chi connectivity index (χ0v) is 14.6. The van der Waals surface area contributed by atoms with Gasteiger partial charge in [-0.05, 0) is 60.9 Å². The van der Waals surface area contributed by atoms with Crippen molar-refractivity contribution in [3.05, 3.63) is 46.0 Å². The van der Waals surface area contributed by atoms with Gasteiger partial charge in [-0.2, -0.15) is 0 Å². The fourth-order valence-corrected chi connectivity index (χ4v) is 2.77. The van der Waals surface area contributed by atoms with Crippen LogP contribution in [-0.4, -0.2) is 10.2 Å². The number of benzene rings is 2. The second-order valence-electron chi connectivity index (χ2n) is 7.24. The lowest BCUT2D eigenvalue weighted by Crippen LogP contribution is -2.14. The number of aryl methyl sites for hydroxylation is 2. The van der Waals surface area contributed by atoms with E-state index in [2.05, 4.69) is 26.8 Å². The van der Waals surface area contributed by atoms with E-state index in [1.165, 1.54) is 0 Å². The molecule has 0 radical (unpaired) electrons. The van der Waals surface area contributed by atoms with Crippen molar-refractivity contribution in [2.45, 2.75) is 53.9 Å². The maximum absolute atomic E-state index is 10.7. The summed E-state index contributed by atoms with van der Waals surface area (Å²) in [5, 5.41) is 21.3. The van der Waals surface area contributed by atoms with Crippen LogP contribution in [0.4, 0.5) is 0 Å². The van der Waals surface area contributed by atoms with Crippen molar-refractivity contribution in [2.24, 2.45) is 0 Å². The fourth-order valence-electron chi connectivity index (χ4n) is 2.77. The first-order valence-corrected chi connectivity index (χ1v) is 7.69. The predicted molar refractivity (Wildman–Crippen MR) is 92.9 cm³/mol. The maximum Gasteiger partial charge on any atom is 0.127 e. The van der Waals surface area contributed by atoms with Crippen molar-refractivity contribution in [3.63, 3.8) is 0 Å². The third kappa shape index (κ3) is 2.58. The van der Waals surface area contributed by atoms with Crippen molar-refractivity contribution < 1.29 is 10.2 Å². The summed E-state index contributed by atoms with van der Waals surface area (Å²) in [4.78, 5) is 0. The van der Waals surface area contributed by atoms with Crippen molar-refractivity contribution >= 4 is 0 Å². The molecular formula is C20H26O2. The van der Waals surface area contributed by atoms with E-state index in [4.69, 9.17) is 0 Å². The van der Waals surface area contributed by atoms with Crippen LogP contribution in [-0.2, 0) is 5.41 Å². The molecule has 2 rings (SSSR count). The Bertz CT molecular complexity index is 735. The maximum atomic E-state index is 10.7. The molecule has 0 aromatic heterocycles. The highest BCUT2D eigenvalue weighted by Gasteiger charge is 2.25. The number of rotatable bonds is 1. The van der Waals surface area contributed by atoms with Crippen LogP contribution in [0.25, 0.3) is 11.1 Å². The van der Waals surface area contributed by atoms with Crippen molar-refractivity contribution in [1.82, 2.24) is 0 Å². The van der Waals surface area contributed by atoms with Crippen molar-refractivity contribution in [3.8, 4) is 22.6 Å². The Balaban J connectivity index is 2.92. The lowest BCUT2D eigenvalue weighted by Gasteiger charge is -2.26. The molecule has 22 heavy (non-hydrogen) atoms. The third-order valence-electron chi connectivity index (χ3n) is 4.59. The lowest BCUT2D eigenvalue weighted by atomic mass is 9.79. The molecule has 2 heteroatoms. The molecule has 0 aliphatic rings. The van der Waals surface area contributed by atoms with Gasteiger partial charge in [-0.1, -0.05) is 39.0 Å². The molecule has 0 spiro atoms. The third-order valence-corrected chi connectivity index (χ3v) is 4.59. The van der Waals surface area contributed by atoms with E-state index < -0.39 is 0 Å². The van der Waals surface area contributed by atoms with Crippen LogP contribution in [0.3, 0.4) is 0 Å². The molecule has 0 saturated heterocycles. The summed E-state index contributed by atoms with van der Waals surface area (Å²) in [6.07, 6.45) is 0. The highest BCUT2D eigenvalue weighted by atomic mass is 16.3. The standard InChI is InChI=1S/C20H26O2/c1-11-8-9-15(18(21)13(11)3)17-16(20(5,6)7)10-12(2)14(4)19(17)22/h8-10,21-22H,1-7H3. The minimum atomic E-state index is -0.128. The Labute approximate surface area is 133 Å². The van der Waals surface area contributed by atoms with Crippen LogP contribution in [0.2, 0.25) is 0 Å². The number of phenols is 2. The number of hydrogen-bond donors (Lipinski definition) is 2. The summed E-state index contributed by atoms with van der Waals surface area (Å²) in [7, 11) is 0. The monoisotopic (exact) mass is 298 g/mol. The topological polar surface area (TPSA) is 40.5 Å². The summed E-state index contributed by atoms with van der Waals surface area (Å²) in [6.45, 7) is 14.2. The van der Waals surface area contributed by atoms with Gasteiger partial charge in [0.1, 0.15) is 11.5 Å². The Morgan fingerprint density at radius 3 is 1.86 bits per heavy atom. The van der Waals surface area contributed by atoms with E-state index >= 15 is 0 Å². The van der Waals surface area contributed by atoms with Crippen LogP contribution < -0.4 is 0 Å². The molecule has 0 unspecified atom stereocenters. The normalized spacial score (nSPS) is 11.8. The molecule has 0 amide bonds. The number of aromatic hydroxyl groups is 2. The van der Waals surface area contributed by atoms with Crippen LogP contribution in [0, 0.1) is 27.7 Å². The second kappa shape index (κ2) is 5.35. The van der Waals surface area contributed by atoms with Gasteiger partial charge in [0.15, 0.2) is 0 Å². The minimum Gasteiger partial charge on any atom is -0.507 e. The average Bonchev–Trinajstić information content (AvgIpc) is 2.42. The molecule has 0 saturated carbocycles. The molecule has 0 fully saturated rings. The van der Waals surface area contributed by atoms with Gasteiger partial charge in [-0.15, -0.1) is 0 Å². The van der Waals surface area contributed by atoms with E-state index in [0.717, 1.165) is 33.4 Å². The van der Waals surface area contributed by atoms with Gasteiger partial charge in [0, 0.05) is 11.1 Å². The molecular weight excluding hydrogens is 272 g/mol. The molecule has 0 bridgehead atoms. The van der Waals surface area contributed by atoms with Gasteiger partial charge in [0.2, 0.25) is 0 Å². The predicted octanol–water partition coefficient (Wildman–Crippen LogP) is 5.30. The summed E-state index contributed by atoms with van der Waals surface area (Å²) < 4.78 is 0. The van der Waals surface area contributed by atoms with Gasteiger partial charge >= 0.3 is 0 Å². The zero-order chi connectivity index (χ0) is 16.8. The molecule has 118 valence electrons. The van der Waals surface area contributed by atoms with Crippen molar-refractivity contribution in [2.75, 3.05) is 0 Å². The van der Waals surface area contributed by atoms with E-state index in [-0.39, 0.29) is 16.9 Å². The van der Waals surface area contributed by atoms with Gasteiger partial charge in [0.05, 0.1) is 0 Å². The Morgan fingerprint density at radius 2 is 1.32 bits per heavy atom. The first-order valence-electron chi connectivity index (χ1n) is 7.69. The van der Waals surface area contributed by atoms with E-state index in [1.54, 1.807) is 0 Å². The first kappa shape index (κ1) is 16.4. The highest BCUT2D eigenvalue weighted by molar-refractivity contribution is 5.82.